The summed E-state index contributed by atoms with van der Waals surface area (Å²) in [6.45, 7) is 0. The molecule has 0 heterocycles. The SMILES string of the molecule is CN(C)N=C(SSC(=NN(C)C)C(F)(F)C(F)(F)C(F)(F)F)C(F)(F)C(F)(F)C(F)(F)F. The van der Waals surface area contributed by atoms with Gasteiger partial charge in [0.15, 0.2) is 10.1 Å². The van der Waals surface area contributed by atoms with Gasteiger partial charge >= 0.3 is 36.0 Å². The normalized spacial score (nSPS) is 15.8. The van der Waals surface area contributed by atoms with E-state index in [0.717, 1.165) is 28.2 Å². The second-order valence-corrected chi connectivity index (χ2v) is 8.07. The molecule has 0 spiro atoms. The van der Waals surface area contributed by atoms with Gasteiger partial charge in [-0.2, -0.15) is 71.7 Å². The van der Waals surface area contributed by atoms with Gasteiger partial charge in [0.25, 0.3) is 0 Å². The van der Waals surface area contributed by atoms with Crippen molar-refractivity contribution in [3.63, 3.8) is 0 Å². The zero-order valence-corrected chi connectivity index (χ0v) is 17.5. The molecule has 32 heavy (non-hydrogen) atoms. The van der Waals surface area contributed by atoms with Crippen molar-refractivity contribution in [1.82, 2.24) is 10.0 Å². The second-order valence-electron chi connectivity index (χ2n) is 5.96. The Labute approximate surface area is 178 Å². The summed E-state index contributed by atoms with van der Waals surface area (Å²) in [5, 5.41) is 0.614. The number of hydrogen-bond donors (Lipinski definition) is 0. The van der Waals surface area contributed by atoms with Gasteiger partial charge in [-0.15, -0.1) is 0 Å². The highest BCUT2D eigenvalue weighted by Crippen LogP contribution is 2.53. The van der Waals surface area contributed by atoms with Gasteiger partial charge in [-0.3, -0.25) is 0 Å². The molecule has 0 fully saturated rings. The molecule has 0 unspecified atom stereocenters. The Balaban J connectivity index is 6.42. The van der Waals surface area contributed by atoms with Gasteiger partial charge in [0.2, 0.25) is 0 Å². The van der Waals surface area contributed by atoms with Gasteiger partial charge in [-0.25, -0.2) is 0 Å². The van der Waals surface area contributed by atoms with Crippen LogP contribution in [-0.2, 0) is 0 Å². The number of halogens is 14. The molecule has 0 bridgehead atoms. The average molecular weight is 542 g/mol. The van der Waals surface area contributed by atoms with E-state index in [1.165, 1.54) is 0 Å². The number of rotatable bonds is 6. The molecular weight excluding hydrogens is 530 g/mol. The molecule has 0 saturated heterocycles. The van der Waals surface area contributed by atoms with E-state index in [0.29, 0.717) is 0 Å². The van der Waals surface area contributed by atoms with Crippen molar-refractivity contribution in [3.8, 4) is 0 Å². The standard InChI is InChI=1S/C12H12F14N4S2/c1-29(2)27-5(7(13,14)9(17,18)11(21,22)23)31-32-6(28-30(3)4)8(15,16)10(19,20)12(24,25)26/h1-4H3. The lowest BCUT2D eigenvalue weighted by Gasteiger charge is -2.30. The summed E-state index contributed by atoms with van der Waals surface area (Å²) >= 11 is 0. The van der Waals surface area contributed by atoms with Crippen LogP contribution < -0.4 is 0 Å². The highest BCUT2D eigenvalue weighted by molar-refractivity contribution is 8.87. The third kappa shape index (κ3) is 6.16. The summed E-state index contributed by atoms with van der Waals surface area (Å²) in [5.74, 6) is -26.1. The van der Waals surface area contributed by atoms with Crippen molar-refractivity contribution in [2.45, 2.75) is 36.0 Å². The molecule has 20 heteroatoms. The lowest BCUT2D eigenvalue weighted by Crippen LogP contribution is -2.56. The number of hydrogen-bond acceptors (Lipinski definition) is 6. The molecule has 0 amide bonds. The molecular formula is C12H12F14N4S2. The van der Waals surface area contributed by atoms with Crippen LogP contribution in [0.2, 0.25) is 0 Å². The molecule has 0 atom stereocenters. The van der Waals surface area contributed by atoms with Crippen molar-refractivity contribution in [1.29, 1.82) is 0 Å². The van der Waals surface area contributed by atoms with E-state index in [2.05, 4.69) is 10.2 Å². The van der Waals surface area contributed by atoms with Crippen LogP contribution in [0, 0.1) is 0 Å². The van der Waals surface area contributed by atoms with E-state index in [4.69, 9.17) is 0 Å². The Kier molecular flexibility index (Phi) is 9.10. The largest absolute Gasteiger partial charge is 0.460 e. The highest BCUT2D eigenvalue weighted by Gasteiger charge is 2.77. The predicted molar refractivity (Wildman–Crippen MR) is 89.3 cm³/mol. The Morgan fingerprint density at radius 3 is 0.875 bits per heavy atom. The first-order valence-corrected chi connectivity index (χ1v) is 9.51. The summed E-state index contributed by atoms with van der Waals surface area (Å²) in [7, 11) is 0.642. The maximum absolute atomic E-state index is 13.9. The molecule has 0 aliphatic heterocycles. The van der Waals surface area contributed by atoms with Gasteiger partial charge < -0.3 is 10.0 Å². The summed E-state index contributed by atoms with van der Waals surface area (Å²) in [4.78, 5) is 0. The summed E-state index contributed by atoms with van der Waals surface area (Å²) < 4.78 is 183. The summed E-state index contributed by atoms with van der Waals surface area (Å²) in [6, 6.07) is 0. The van der Waals surface area contributed by atoms with Gasteiger partial charge in [0.1, 0.15) is 0 Å². The van der Waals surface area contributed by atoms with Crippen LogP contribution in [0.4, 0.5) is 61.5 Å². The minimum Gasteiger partial charge on any atom is -0.302 e. The van der Waals surface area contributed by atoms with Crippen molar-refractivity contribution in [2.24, 2.45) is 10.2 Å². The van der Waals surface area contributed by atoms with E-state index in [1.807, 2.05) is 0 Å². The minimum atomic E-state index is -6.87. The maximum Gasteiger partial charge on any atom is 0.460 e. The number of nitrogens with zero attached hydrogens (tertiary/aromatic N) is 4. The number of alkyl halides is 14. The van der Waals surface area contributed by atoms with Crippen LogP contribution in [0.1, 0.15) is 0 Å². The molecule has 0 aromatic rings. The Morgan fingerprint density at radius 1 is 0.500 bits per heavy atom. The third-order valence-electron chi connectivity index (χ3n) is 2.82. The topological polar surface area (TPSA) is 31.2 Å². The first-order valence-electron chi connectivity index (χ1n) is 7.36. The maximum atomic E-state index is 13.9. The lowest BCUT2D eigenvalue weighted by molar-refractivity contribution is -0.336. The molecule has 0 aliphatic rings. The fraction of sp³-hybridized carbons (Fsp3) is 0.833. The first-order chi connectivity index (χ1) is 13.8. The molecule has 0 N–H and O–H groups in total. The zero-order chi connectivity index (χ0) is 26.1. The van der Waals surface area contributed by atoms with Crippen LogP contribution in [0.25, 0.3) is 0 Å². The quantitative estimate of drug-likeness (QED) is 0.140. The monoisotopic (exact) mass is 542 g/mol. The fourth-order valence-electron chi connectivity index (χ4n) is 1.33. The Hall–Kier alpha value is -1.34. The molecule has 0 radical (unpaired) electrons. The molecule has 0 aliphatic carbocycles. The average Bonchev–Trinajstić information content (AvgIpc) is 2.53. The fourth-order valence-corrected chi connectivity index (χ4v) is 3.65. The zero-order valence-electron chi connectivity index (χ0n) is 15.9. The number of hydrazone groups is 2. The van der Waals surface area contributed by atoms with Crippen molar-refractivity contribution in [3.05, 3.63) is 0 Å². The van der Waals surface area contributed by atoms with E-state index < -0.39 is 67.7 Å². The molecule has 0 rings (SSSR count). The predicted octanol–water partition coefficient (Wildman–Crippen LogP) is 5.78. The summed E-state index contributed by atoms with van der Waals surface area (Å²) in [6.07, 6.45) is -13.7. The first kappa shape index (κ1) is 30.7. The van der Waals surface area contributed by atoms with Crippen LogP contribution in [0.5, 0.6) is 0 Å². The Bertz CT molecular complexity index is 651. The van der Waals surface area contributed by atoms with Gasteiger partial charge in [0, 0.05) is 28.2 Å². The Morgan fingerprint density at radius 2 is 0.719 bits per heavy atom. The van der Waals surface area contributed by atoms with Crippen LogP contribution in [0.3, 0.4) is 0 Å². The van der Waals surface area contributed by atoms with E-state index in [1.54, 1.807) is 0 Å². The third-order valence-corrected chi connectivity index (χ3v) is 5.09. The summed E-state index contributed by atoms with van der Waals surface area (Å²) in [5.41, 5.74) is 0. The van der Waals surface area contributed by atoms with Crippen LogP contribution in [-0.4, -0.2) is 84.3 Å². The minimum absolute atomic E-state index is 0.231. The lowest BCUT2D eigenvalue weighted by atomic mass is 10.2. The van der Waals surface area contributed by atoms with Crippen LogP contribution >= 0.6 is 21.6 Å². The van der Waals surface area contributed by atoms with Gasteiger partial charge in [-0.05, 0) is 21.6 Å². The molecule has 4 nitrogen and oxygen atoms in total. The van der Waals surface area contributed by atoms with E-state index >= 15 is 0 Å². The van der Waals surface area contributed by atoms with Crippen molar-refractivity contribution < 1.29 is 61.5 Å². The molecule has 0 saturated carbocycles. The molecule has 190 valence electrons. The van der Waals surface area contributed by atoms with E-state index in [-0.39, 0.29) is 10.0 Å². The van der Waals surface area contributed by atoms with Gasteiger partial charge in [0.05, 0.1) is 0 Å². The van der Waals surface area contributed by atoms with Gasteiger partial charge in [-0.1, -0.05) is 0 Å². The molecule has 0 aromatic carbocycles. The van der Waals surface area contributed by atoms with Crippen molar-refractivity contribution in [2.75, 3.05) is 28.2 Å². The molecule has 0 aromatic heterocycles. The van der Waals surface area contributed by atoms with E-state index in [9.17, 15) is 61.5 Å². The second kappa shape index (κ2) is 9.49. The van der Waals surface area contributed by atoms with Crippen LogP contribution in [0.15, 0.2) is 10.2 Å². The van der Waals surface area contributed by atoms with Crippen molar-refractivity contribution >= 4 is 31.7 Å². The highest BCUT2D eigenvalue weighted by atomic mass is 33.1. The smallest absolute Gasteiger partial charge is 0.302 e.